The van der Waals surface area contributed by atoms with E-state index in [-0.39, 0.29) is 10.9 Å². The summed E-state index contributed by atoms with van der Waals surface area (Å²) in [6, 6.07) is 4.72. The average molecular weight is 320 g/mol. The fourth-order valence-corrected chi connectivity index (χ4v) is 4.11. The Morgan fingerprint density at radius 3 is 2.85 bits per heavy atom. The third-order valence-corrected chi connectivity index (χ3v) is 5.64. The second-order valence-electron chi connectivity index (χ2n) is 4.66. The zero-order valence-electron chi connectivity index (χ0n) is 11.5. The van der Waals surface area contributed by atoms with Gasteiger partial charge in [0.1, 0.15) is 10.6 Å². The van der Waals surface area contributed by atoms with Crippen molar-refractivity contribution in [3.05, 3.63) is 23.8 Å². The summed E-state index contributed by atoms with van der Waals surface area (Å²) in [4.78, 5) is 0.169. The quantitative estimate of drug-likeness (QED) is 0.795. The van der Waals surface area contributed by atoms with Crippen molar-refractivity contribution in [3.8, 4) is 5.75 Å². The maximum absolute atomic E-state index is 12.7. The Morgan fingerprint density at radius 1 is 1.50 bits per heavy atom. The van der Waals surface area contributed by atoms with Gasteiger partial charge in [0.05, 0.1) is 20.3 Å². The zero-order chi connectivity index (χ0) is 14.8. The van der Waals surface area contributed by atoms with Gasteiger partial charge >= 0.3 is 0 Å². The van der Waals surface area contributed by atoms with Gasteiger partial charge < -0.3 is 9.47 Å². The third kappa shape index (κ3) is 2.93. The molecular formula is C13H18ClNO4S. The van der Waals surface area contributed by atoms with Gasteiger partial charge in [-0.1, -0.05) is 6.07 Å². The first kappa shape index (κ1) is 15.6. The molecule has 5 nitrogen and oxygen atoms in total. The molecule has 1 aromatic rings. The van der Waals surface area contributed by atoms with Crippen LogP contribution in [0.4, 0.5) is 0 Å². The maximum Gasteiger partial charge on any atom is 0.247 e. The smallest absolute Gasteiger partial charge is 0.247 e. The summed E-state index contributed by atoms with van der Waals surface area (Å²) < 4.78 is 37.4. The number of rotatable bonds is 4. The Balaban J connectivity index is 2.43. The molecule has 0 radical (unpaired) electrons. The molecule has 0 bridgehead atoms. The molecule has 0 N–H and O–H groups in total. The predicted octanol–water partition coefficient (Wildman–Crippen LogP) is 1.84. The minimum absolute atomic E-state index is 0.169. The first-order chi connectivity index (χ1) is 9.50. The van der Waals surface area contributed by atoms with E-state index in [1.807, 2.05) is 6.92 Å². The van der Waals surface area contributed by atoms with Gasteiger partial charge in [-0.25, -0.2) is 8.42 Å². The number of alkyl halides is 1. The van der Waals surface area contributed by atoms with Gasteiger partial charge in [0.15, 0.2) is 0 Å². The van der Waals surface area contributed by atoms with E-state index in [1.54, 1.807) is 18.2 Å². The summed E-state index contributed by atoms with van der Waals surface area (Å²) in [5.74, 6) is 0.631. The lowest BCUT2D eigenvalue weighted by atomic mass is 10.2. The summed E-state index contributed by atoms with van der Waals surface area (Å²) in [6.07, 6.45) is 0. The van der Waals surface area contributed by atoms with Crippen LogP contribution in [0.15, 0.2) is 23.1 Å². The zero-order valence-corrected chi connectivity index (χ0v) is 13.1. The van der Waals surface area contributed by atoms with Crippen LogP contribution in [0.5, 0.6) is 5.75 Å². The number of benzene rings is 1. The number of ether oxygens (including phenoxy) is 2. The highest BCUT2D eigenvalue weighted by Crippen LogP contribution is 2.30. The molecule has 0 spiro atoms. The van der Waals surface area contributed by atoms with E-state index in [2.05, 4.69) is 0 Å². The Kier molecular flexibility index (Phi) is 4.90. The fraction of sp³-hybridized carbons (Fsp3) is 0.538. The van der Waals surface area contributed by atoms with Gasteiger partial charge in [-0.15, -0.1) is 11.6 Å². The van der Waals surface area contributed by atoms with Gasteiger partial charge in [0.2, 0.25) is 10.0 Å². The molecule has 1 aliphatic heterocycles. The van der Waals surface area contributed by atoms with Crippen molar-refractivity contribution in [2.75, 3.05) is 26.9 Å². The lowest BCUT2D eigenvalue weighted by Crippen LogP contribution is -2.47. The number of hydrogen-bond donors (Lipinski definition) is 0. The van der Waals surface area contributed by atoms with Crippen LogP contribution >= 0.6 is 11.6 Å². The number of hydrogen-bond acceptors (Lipinski definition) is 4. The average Bonchev–Trinajstić information content (AvgIpc) is 2.46. The SMILES string of the molecule is COc1cc(CCl)ccc1S(=O)(=O)N1CCOCC1C. The highest BCUT2D eigenvalue weighted by atomic mass is 35.5. The lowest BCUT2D eigenvalue weighted by Gasteiger charge is -2.32. The first-order valence-electron chi connectivity index (χ1n) is 6.33. The van der Waals surface area contributed by atoms with Gasteiger partial charge in [-0.2, -0.15) is 4.31 Å². The molecule has 2 rings (SSSR count). The summed E-state index contributed by atoms with van der Waals surface area (Å²) in [5, 5.41) is 0. The van der Waals surface area contributed by atoms with E-state index in [0.717, 1.165) is 5.56 Å². The van der Waals surface area contributed by atoms with Crippen molar-refractivity contribution in [2.45, 2.75) is 23.7 Å². The number of nitrogens with zero attached hydrogens (tertiary/aromatic N) is 1. The van der Waals surface area contributed by atoms with Crippen molar-refractivity contribution in [2.24, 2.45) is 0 Å². The lowest BCUT2D eigenvalue weighted by molar-refractivity contribution is 0.0392. The number of halogens is 1. The van der Waals surface area contributed by atoms with E-state index in [0.29, 0.717) is 31.4 Å². The van der Waals surface area contributed by atoms with Crippen molar-refractivity contribution >= 4 is 21.6 Å². The van der Waals surface area contributed by atoms with E-state index in [1.165, 1.54) is 11.4 Å². The maximum atomic E-state index is 12.7. The molecule has 0 aromatic heterocycles. The van der Waals surface area contributed by atoms with E-state index >= 15 is 0 Å². The van der Waals surface area contributed by atoms with Crippen LogP contribution < -0.4 is 4.74 Å². The fourth-order valence-electron chi connectivity index (χ4n) is 2.20. The van der Waals surface area contributed by atoms with Gasteiger partial charge in [0.25, 0.3) is 0 Å². The molecule has 1 saturated heterocycles. The predicted molar refractivity (Wildman–Crippen MR) is 76.7 cm³/mol. The molecule has 1 fully saturated rings. The second-order valence-corrected chi connectivity index (χ2v) is 6.78. The normalized spacial score (nSPS) is 20.9. The molecule has 1 atom stereocenters. The van der Waals surface area contributed by atoms with Crippen LogP contribution in [0, 0.1) is 0 Å². The first-order valence-corrected chi connectivity index (χ1v) is 8.30. The van der Waals surface area contributed by atoms with Crippen LogP contribution in [0.3, 0.4) is 0 Å². The van der Waals surface area contributed by atoms with Gasteiger partial charge in [-0.05, 0) is 24.6 Å². The Labute approximate surface area is 124 Å². The molecule has 0 aliphatic carbocycles. The molecular weight excluding hydrogens is 302 g/mol. The summed E-state index contributed by atoms with van der Waals surface area (Å²) in [7, 11) is -2.14. The third-order valence-electron chi connectivity index (χ3n) is 3.28. The van der Waals surface area contributed by atoms with Crippen LogP contribution in [0.2, 0.25) is 0 Å². The van der Waals surface area contributed by atoms with E-state index < -0.39 is 10.0 Å². The molecule has 1 aliphatic rings. The van der Waals surface area contributed by atoms with E-state index in [4.69, 9.17) is 21.1 Å². The van der Waals surface area contributed by atoms with Crippen LogP contribution in [-0.2, 0) is 20.6 Å². The second kappa shape index (κ2) is 6.30. The Hall–Kier alpha value is -0.820. The molecule has 20 heavy (non-hydrogen) atoms. The summed E-state index contributed by atoms with van der Waals surface area (Å²) in [6.45, 7) is 2.99. The highest BCUT2D eigenvalue weighted by Gasteiger charge is 2.33. The van der Waals surface area contributed by atoms with Crippen molar-refractivity contribution in [1.29, 1.82) is 0 Å². The monoisotopic (exact) mass is 319 g/mol. The van der Waals surface area contributed by atoms with Crippen molar-refractivity contribution in [1.82, 2.24) is 4.31 Å². The van der Waals surface area contributed by atoms with Gasteiger partial charge in [0, 0.05) is 18.5 Å². The van der Waals surface area contributed by atoms with Crippen LogP contribution in [-0.4, -0.2) is 45.6 Å². The Morgan fingerprint density at radius 2 is 2.25 bits per heavy atom. The van der Waals surface area contributed by atoms with Gasteiger partial charge in [-0.3, -0.25) is 0 Å². The Bertz CT molecular complexity index is 576. The summed E-state index contributed by atoms with van der Waals surface area (Å²) >= 11 is 5.76. The molecule has 0 amide bonds. The number of morpholine rings is 1. The highest BCUT2D eigenvalue weighted by molar-refractivity contribution is 7.89. The van der Waals surface area contributed by atoms with Crippen LogP contribution in [0.1, 0.15) is 12.5 Å². The van der Waals surface area contributed by atoms with E-state index in [9.17, 15) is 8.42 Å². The molecule has 0 saturated carbocycles. The number of sulfonamides is 1. The minimum Gasteiger partial charge on any atom is -0.495 e. The molecule has 1 unspecified atom stereocenters. The largest absolute Gasteiger partial charge is 0.495 e. The topological polar surface area (TPSA) is 55.8 Å². The summed E-state index contributed by atoms with van der Waals surface area (Å²) in [5.41, 5.74) is 0.817. The molecule has 112 valence electrons. The van der Waals surface area contributed by atoms with Crippen LogP contribution in [0.25, 0.3) is 0 Å². The molecule has 7 heteroatoms. The molecule has 1 heterocycles. The minimum atomic E-state index is -3.59. The van der Waals surface area contributed by atoms with Crippen molar-refractivity contribution in [3.63, 3.8) is 0 Å². The molecule has 1 aromatic carbocycles. The standard InChI is InChI=1S/C13H18ClNO4S/c1-10-9-19-6-5-15(10)20(16,17)13-4-3-11(8-14)7-12(13)18-2/h3-4,7,10H,5-6,8-9H2,1-2H3. The number of methoxy groups -OCH3 is 1. The van der Waals surface area contributed by atoms with Crippen molar-refractivity contribution < 1.29 is 17.9 Å².